The van der Waals surface area contributed by atoms with Crippen LogP contribution < -0.4 is 0 Å². The molecule has 0 amide bonds. The molecule has 0 saturated carbocycles. The van der Waals surface area contributed by atoms with Crippen LogP contribution in [0.2, 0.25) is 0 Å². The second-order valence-corrected chi connectivity index (χ2v) is 5.42. The summed E-state index contributed by atoms with van der Waals surface area (Å²) in [6.45, 7) is 0. The Hall–Kier alpha value is -2.42. The Kier molecular flexibility index (Phi) is 4.33. The summed E-state index contributed by atoms with van der Waals surface area (Å²) in [5, 5.41) is 0.881. The van der Waals surface area contributed by atoms with Gasteiger partial charge in [-0.1, -0.05) is 24.3 Å². The molecule has 22 heavy (non-hydrogen) atoms. The number of fused-ring (bicyclic) bond motifs is 1. The molecule has 0 saturated heterocycles. The first-order valence-corrected chi connectivity index (χ1v) is 7.47. The highest BCUT2D eigenvalue weighted by Crippen LogP contribution is 2.23. The number of furan rings is 1. The molecule has 0 radical (unpaired) electrons. The van der Waals surface area contributed by atoms with Crippen LogP contribution in [0.1, 0.15) is 34.5 Å². The zero-order valence-electron chi connectivity index (χ0n) is 12.2. The van der Waals surface area contributed by atoms with Crippen LogP contribution in [0, 0.1) is 5.82 Å². The van der Waals surface area contributed by atoms with Crippen LogP contribution in [0.15, 0.2) is 52.9 Å². The number of unbranched alkanes of at least 4 members (excludes halogenated alkanes) is 1. The van der Waals surface area contributed by atoms with Crippen molar-refractivity contribution in [2.75, 3.05) is 0 Å². The van der Waals surface area contributed by atoms with Crippen molar-refractivity contribution in [2.45, 2.75) is 25.7 Å². The molecule has 3 heteroatoms. The van der Waals surface area contributed by atoms with Gasteiger partial charge in [0.05, 0.1) is 0 Å². The minimum absolute atomic E-state index is 0.197. The number of carbonyl (C=O) groups excluding carboxylic acids is 1. The Morgan fingerprint density at radius 1 is 1.00 bits per heavy atom. The van der Waals surface area contributed by atoms with Crippen LogP contribution in [0.25, 0.3) is 11.0 Å². The lowest BCUT2D eigenvalue weighted by Crippen LogP contribution is -1.88. The van der Waals surface area contributed by atoms with Gasteiger partial charge in [-0.2, -0.15) is 0 Å². The van der Waals surface area contributed by atoms with Crippen molar-refractivity contribution >= 4 is 17.3 Å². The van der Waals surface area contributed by atoms with Crippen molar-refractivity contribution in [1.29, 1.82) is 0 Å². The van der Waals surface area contributed by atoms with Crippen LogP contribution >= 0.6 is 0 Å². The van der Waals surface area contributed by atoms with Gasteiger partial charge in [0, 0.05) is 17.4 Å². The third-order valence-corrected chi connectivity index (χ3v) is 3.83. The molecular formula is C19H17FO2. The summed E-state index contributed by atoms with van der Waals surface area (Å²) in [6, 6.07) is 14.1. The number of halogens is 1. The van der Waals surface area contributed by atoms with Gasteiger partial charge < -0.3 is 4.42 Å². The molecular weight excluding hydrogens is 279 g/mol. The lowest BCUT2D eigenvalue weighted by Gasteiger charge is -2.00. The van der Waals surface area contributed by atoms with E-state index in [0.717, 1.165) is 54.3 Å². The molecule has 0 N–H and O–H groups in total. The molecule has 0 aliphatic rings. The summed E-state index contributed by atoms with van der Waals surface area (Å²) in [6.07, 6.45) is 4.64. The van der Waals surface area contributed by atoms with E-state index >= 15 is 0 Å². The number of benzene rings is 2. The van der Waals surface area contributed by atoms with E-state index in [0.29, 0.717) is 5.56 Å². The topological polar surface area (TPSA) is 30.2 Å². The number of rotatable bonds is 6. The van der Waals surface area contributed by atoms with Crippen LogP contribution in [-0.2, 0) is 12.8 Å². The van der Waals surface area contributed by atoms with E-state index in [-0.39, 0.29) is 5.82 Å². The van der Waals surface area contributed by atoms with Gasteiger partial charge in [0.25, 0.3) is 0 Å². The van der Waals surface area contributed by atoms with Gasteiger partial charge in [-0.15, -0.1) is 0 Å². The first-order chi connectivity index (χ1) is 10.8. The van der Waals surface area contributed by atoms with Gasteiger partial charge in [-0.05, 0) is 49.1 Å². The highest BCUT2D eigenvalue weighted by Gasteiger charge is 2.07. The molecule has 0 unspecified atom stereocenters. The molecule has 2 aromatic carbocycles. The highest BCUT2D eigenvalue weighted by atomic mass is 19.1. The molecule has 0 atom stereocenters. The molecule has 1 aromatic heterocycles. The largest absolute Gasteiger partial charge is 0.461 e. The van der Waals surface area contributed by atoms with Crippen molar-refractivity contribution in [3.8, 4) is 0 Å². The van der Waals surface area contributed by atoms with Gasteiger partial charge in [0.15, 0.2) is 6.29 Å². The Bertz CT molecular complexity index is 772. The maximum atomic E-state index is 12.8. The van der Waals surface area contributed by atoms with Crippen LogP contribution in [0.3, 0.4) is 0 Å². The fraction of sp³-hybridized carbons (Fsp3) is 0.211. The van der Waals surface area contributed by atoms with E-state index in [1.165, 1.54) is 12.1 Å². The van der Waals surface area contributed by atoms with E-state index in [2.05, 4.69) is 0 Å². The van der Waals surface area contributed by atoms with Gasteiger partial charge in [-0.3, -0.25) is 4.79 Å². The number of aryl methyl sites for hydroxylation is 2. The summed E-state index contributed by atoms with van der Waals surface area (Å²) in [5.74, 6) is 0.709. The SMILES string of the molecule is O=Cc1cccc2oc(CCCCc3ccc(F)cc3)cc12. The first-order valence-electron chi connectivity index (χ1n) is 7.47. The minimum Gasteiger partial charge on any atom is -0.461 e. The molecule has 3 aromatic rings. The molecule has 1 heterocycles. The quantitative estimate of drug-likeness (QED) is 0.476. The van der Waals surface area contributed by atoms with E-state index < -0.39 is 0 Å². The average molecular weight is 296 g/mol. The maximum absolute atomic E-state index is 12.8. The molecule has 3 rings (SSSR count). The lowest BCUT2D eigenvalue weighted by atomic mass is 10.1. The van der Waals surface area contributed by atoms with Crippen molar-refractivity contribution < 1.29 is 13.6 Å². The highest BCUT2D eigenvalue weighted by molar-refractivity contribution is 5.96. The third kappa shape index (κ3) is 3.25. The summed E-state index contributed by atoms with van der Waals surface area (Å²) < 4.78 is 18.6. The summed E-state index contributed by atoms with van der Waals surface area (Å²) in [4.78, 5) is 11.0. The smallest absolute Gasteiger partial charge is 0.150 e. The van der Waals surface area contributed by atoms with Crippen LogP contribution in [0.4, 0.5) is 4.39 Å². The van der Waals surface area contributed by atoms with Gasteiger partial charge in [0.1, 0.15) is 17.2 Å². The molecule has 0 spiro atoms. The predicted molar refractivity (Wildman–Crippen MR) is 84.6 cm³/mol. The molecule has 0 bridgehead atoms. The molecule has 0 aliphatic heterocycles. The Balaban J connectivity index is 1.57. The standard InChI is InChI=1S/C19H17FO2/c20-16-10-8-14(9-11-16)4-1-2-6-17-12-18-15(13-21)5-3-7-19(18)22-17/h3,5,7-13H,1-2,4,6H2. The second kappa shape index (κ2) is 6.56. The zero-order chi connectivity index (χ0) is 15.4. The van der Waals surface area contributed by atoms with E-state index in [4.69, 9.17) is 4.42 Å². The molecule has 0 aliphatic carbocycles. The van der Waals surface area contributed by atoms with Gasteiger partial charge >= 0.3 is 0 Å². The summed E-state index contributed by atoms with van der Waals surface area (Å²) in [5.41, 5.74) is 2.58. The Morgan fingerprint density at radius 3 is 2.55 bits per heavy atom. The average Bonchev–Trinajstić information content (AvgIpc) is 2.96. The fourth-order valence-corrected chi connectivity index (χ4v) is 2.64. The second-order valence-electron chi connectivity index (χ2n) is 5.42. The predicted octanol–water partition coefficient (Wildman–Crippen LogP) is 4.95. The third-order valence-electron chi connectivity index (χ3n) is 3.83. The van der Waals surface area contributed by atoms with Crippen LogP contribution in [0.5, 0.6) is 0 Å². The minimum atomic E-state index is -0.197. The first kappa shape index (κ1) is 14.5. The van der Waals surface area contributed by atoms with E-state index in [1.54, 1.807) is 6.07 Å². The summed E-state index contributed by atoms with van der Waals surface area (Å²) in [7, 11) is 0. The van der Waals surface area contributed by atoms with Crippen molar-refractivity contribution in [3.05, 3.63) is 71.2 Å². The Morgan fingerprint density at radius 2 is 1.77 bits per heavy atom. The van der Waals surface area contributed by atoms with Crippen LogP contribution in [-0.4, -0.2) is 6.29 Å². The van der Waals surface area contributed by atoms with Gasteiger partial charge in [-0.25, -0.2) is 4.39 Å². The molecule has 0 fully saturated rings. The number of hydrogen-bond donors (Lipinski definition) is 0. The number of carbonyl (C=O) groups is 1. The normalized spacial score (nSPS) is 11.0. The fourth-order valence-electron chi connectivity index (χ4n) is 2.64. The van der Waals surface area contributed by atoms with Gasteiger partial charge in [0.2, 0.25) is 0 Å². The molecule has 112 valence electrons. The maximum Gasteiger partial charge on any atom is 0.150 e. The molecule has 2 nitrogen and oxygen atoms in total. The monoisotopic (exact) mass is 296 g/mol. The number of aldehydes is 1. The number of hydrogen-bond acceptors (Lipinski definition) is 2. The van der Waals surface area contributed by atoms with E-state index in [1.807, 2.05) is 30.3 Å². The van der Waals surface area contributed by atoms with Crippen molar-refractivity contribution in [2.24, 2.45) is 0 Å². The van der Waals surface area contributed by atoms with Crippen molar-refractivity contribution in [1.82, 2.24) is 0 Å². The zero-order valence-corrected chi connectivity index (χ0v) is 12.2. The Labute approximate surface area is 128 Å². The van der Waals surface area contributed by atoms with E-state index in [9.17, 15) is 9.18 Å². The summed E-state index contributed by atoms with van der Waals surface area (Å²) >= 11 is 0. The van der Waals surface area contributed by atoms with Crippen molar-refractivity contribution in [3.63, 3.8) is 0 Å². The lowest BCUT2D eigenvalue weighted by molar-refractivity contribution is 0.112.